The van der Waals surface area contributed by atoms with Crippen LogP contribution in [0.3, 0.4) is 0 Å². The largest absolute Gasteiger partial charge is 0.456 e. The second-order valence-corrected chi connectivity index (χ2v) is 14.9. The maximum Gasteiger partial charge on any atom is 0.135 e. The van der Waals surface area contributed by atoms with Crippen molar-refractivity contribution in [1.82, 2.24) is 0 Å². The Bertz CT molecular complexity index is 2480. The molecule has 0 saturated carbocycles. The van der Waals surface area contributed by atoms with Gasteiger partial charge in [-0.25, -0.2) is 0 Å². The van der Waals surface area contributed by atoms with E-state index in [9.17, 15) is 0 Å². The van der Waals surface area contributed by atoms with Crippen LogP contribution in [-0.4, -0.2) is 6.04 Å². The van der Waals surface area contributed by atoms with E-state index in [4.69, 9.17) is 4.42 Å². The number of allylic oxidation sites excluding steroid dienone is 15. The van der Waals surface area contributed by atoms with E-state index in [-0.39, 0.29) is 6.04 Å². The molecule has 0 amide bonds. The van der Waals surface area contributed by atoms with Crippen molar-refractivity contribution in [2.45, 2.75) is 51.0 Å². The molecule has 0 spiro atoms. The van der Waals surface area contributed by atoms with Crippen molar-refractivity contribution in [1.29, 1.82) is 0 Å². The first-order valence-electron chi connectivity index (χ1n) is 18.9. The summed E-state index contributed by atoms with van der Waals surface area (Å²) in [7, 11) is 0. The Hall–Kier alpha value is -5.54. The molecule has 51 heavy (non-hydrogen) atoms. The molecule has 2 aliphatic heterocycles. The van der Waals surface area contributed by atoms with Crippen molar-refractivity contribution in [2.24, 2.45) is 11.8 Å². The molecule has 4 aromatic rings. The van der Waals surface area contributed by atoms with Crippen LogP contribution in [0, 0.1) is 11.8 Å². The Morgan fingerprint density at radius 1 is 0.686 bits per heavy atom. The predicted octanol–water partition coefficient (Wildman–Crippen LogP) is 12.2. The van der Waals surface area contributed by atoms with Gasteiger partial charge in [0, 0.05) is 51.1 Å². The van der Waals surface area contributed by atoms with Crippen molar-refractivity contribution in [3.63, 3.8) is 0 Å². The zero-order chi connectivity index (χ0) is 33.5. The van der Waals surface area contributed by atoms with Crippen molar-refractivity contribution < 1.29 is 4.42 Å². The fourth-order valence-corrected chi connectivity index (χ4v) is 9.81. The van der Waals surface area contributed by atoms with Gasteiger partial charge < -0.3 is 14.2 Å². The average Bonchev–Trinajstić information content (AvgIpc) is 3.85. The topological polar surface area (TPSA) is 19.6 Å². The molecule has 3 atom stereocenters. The molecule has 1 aromatic heterocycles. The minimum absolute atomic E-state index is 0.272. The van der Waals surface area contributed by atoms with Gasteiger partial charge in [0.1, 0.15) is 11.2 Å². The quantitative estimate of drug-likeness (QED) is 0.217. The zero-order valence-corrected chi connectivity index (χ0v) is 28.8. The number of para-hydroxylation sites is 1. The fourth-order valence-electron chi connectivity index (χ4n) is 9.81. The van der Waals surface area contributed by atoms with Gasteiger partial charge >= 0.3 is 0 Å². The molecule has 0 bridgehead atoms. The summed E-state index contributed by atoms with van der Waals surface area (Å²) in [5.74, 6) is 0.747. The minimum atomic E-state index is 0.272. The Labute approximate surface area is 299 Å². The molecule has 3 heteroatoms. The molecule has 0 radical (unpaired) electrons. The number of hydrogen-bond acceptors (Lipinski definition) is 3. The van der Waals surface area contributed by atoms with E-state index in [1.807, 2.05) is 0 Å². The normalized spacial score (nSPS) is 24.8. The maximum absolute atomic E-state index is 6.20. The van der Waals surface area contributed by atoms with E-state index >= 15 is 0 Å². The Morgan fingerprint density at radius 2 is 1.59 bits per heavy atom. The molecular formula is C48H40N2O. The van der Waals surface area contributed by atoms with Gasteiger partial charge in [-0.15, -0.1) is 0 Å². The highest BCUT2D eigenvalue weighted by Gasteiger charge is 2.42. The monoisotopic (exact) mass is 660 g/mol. The third-order valence-corrected chi connectivity index (χ3v) is 12.2. The second kappa shape index (κ2) is 11.5. The van der Waals surface area contributed by atoms with Gasteiger partial charge in [-0.3, -0.25) is 0 Å². The Kier molecular flexibility index (Phi) is 6.59. The number of furan rings is 1. The van der Waals surface area contributed by atoms with Crippen LogP contribution in [0.4, 0.5) is 11.4 Å². The van der Waals surface area contributed by atoms with Crippen LogP contribution in [-0.2, 0) is 0 Å². The first-order chi connectivity index (χ1) is 25.3. The molecule has 0 saturated heterocycles. The van der Waals surface area contributed by atoms with Crippen molar-refractivity contribution in [3.8, 4) is 0 Å². The fraction of sp³-hybridized carbons (Fsp3) is 0.208. The van der Waals surface area contributed by atoms with Gasteiger partial charge in [-0.1, -0.05) is 91.1 Å². The number of benzene rings is 3. The van der Waals surface area contributed by atoms with E-state index in [1.54, 1.807) is 5.57 Å². The van der Waals surface area contributed by atoms with Crippen molar-refractivity contribution in [3.05, 3.63) is 185 Å². The molecule has 3 heterocycles. The number of hydrogen-bond donors (Lipinski definition) is 0. The first-order valence-corrected chi connectivity index (χ1v) is 18.9. The van der Waals surface area contributed by atoms with Gasteiger partial charge in [-0.05, 0) is 127 Å². The maximum atomic E-state index is 6.20. The van der Waals surface area contributed by atoms with Crippen LogP contribution in [0.2, 0.25) is 0 Å². The Morgan fingerprint density at radius 3 is 2.55 bits per heavy atom. The molecule has 3 nitrogen and oxygen atoms in total. The summed E-state index contributed by atoms with van der Waals surface area (Å²) in [5.41, 5.74) is 17.5. The summed E-state index contributed by atoms with van der Waals surface area (Å²) in [6.45, 7) is 0. The molecule has 0 fully saturated rings. The molecule has 3 aromatic carbocycles. The lowest BCUT2D eigenvalue weighted by atomic mass is 9.78. The van der Waals surface area contributed by atoms with Crippen LogP contribution >= 0.6 is 0 Å². The molecule has 7 aliphatic rings. The van der Waals surface area contributed by atoms with Gasteiger partial charge in [0.05, 0.1) is 6.04 Å². The van der Waals surface area contributed by atoms with E-state index in [1.165, 1.54) is 67.1 Å². The lowest BCUT2D eigenvalue weighted by molar-refractivity contribution is 0.659. The predicted molar refractivity (Wildman–Crippen MR) is 211 cm³/mol. The number of rotatable bonds is 4. The lowest BCUT2D eigenvalue weighted by Crippen LogP contribution is -2.33. The summed E-state index contributed by atoms with van der Waals surface area (Å²) in [5, 5.41) is 2.38. The standard InChI is InChI=1S/C48H40N2O/c1-2-11-31(12-3-1)32-13-10-14-35(27-32)49-43-18-7-4-15-37(43)40-28-33(21-24-45(40)49)34-22-25-46-41(29-34)38-16-5-8-19-44(38)50(46)36-23-26-48-42(30-36)39-17-6-9-20-47(39)51-48/h1-2,5-7,9-11,13-14,16-18,20-27,29-30,40-41,46H,3-4,8,12,15,19,28H2. The third kappa shape index (κ3) is 4.57. The zero-order valence-electron chi connectivity index (χ0n) is 28.8. The van der Waals surface area contributed by atoms with Crippen molar-refractivity contribution in [2.75, 3.05) is 9.80 Å². The van der Waals surface area contributed by atoms with Crippen molar-refractivity contribution >= 4 is 38.9 Å². The summed E-state index contributed by atoms with van der Waals surface area (Å²) in [6.07, 6.45) is 36.4. The summed E-state index contributed by atoms with van der Waals surface area (Å²) < 4.78 is 6.20. The highest BCUT2D eigenvalue weighted by molar-refractivity contribution is 6.06. The minimum Gasteiger partial charge on any atom is -0.456 e. The number of nitrogens with zero attached hydrogens (tertiary/aromatic N) is 2. The van der Waals surface area contributed by atoms with E-state index in [0.717, 1.165) is 56.1 Å². The number of anilines is 2. The van der Waals surface area contributed by atoms with Gasteiger partial charge in [0.15, 0.2) is 0 Å². The van der Waals surface area contributed by atoms with E-state index < -0.39 is 0 Å². The first kappa shape index (κ1) is 29.2. The van der Waals surface area contributed by atoms with Gasteiger partial charge in [0.25, 0.3) is 0 Å². The molecule has 248 valence electrons. The second-order valence-electron chi connectivity index (χ2n) is 14.9. The van der Waals surface area contributed by atoms with Crippen LogP contribution in [0.5, 0.6) is 0 Å². The summed E-state index contributed by atoms with van der Waals surface area (Å²) in [6, 6.07) is 24.7. The van der Waals surface area contributed by atoms with Gasteiger partial charge in [0.2, 0.25) is 0 Å². The highest BCUT2D eigenvalue weighted by atomic mass is 16.3. The molecule has 3 unspecified atom stereocenters. The third-order valence-electron chi connectivity index (χ3n) is 12.2. The molecule has 0 N–H and O–H groups in total. The Balaban J connectivity index is 0.942. The molecular weight excluding hydrogens is 621 g/mol. The average molecular weight is 661 g/mol. The lowest BCUT2D eigenvalue weighted by Gasteiger charge is -2.33. The van der Waals surface area contributed by atoms with Crippen LogP contribution in [0.25, 0.3) is 27.5 Å². The highest BCUT2D eigenvalue weighted by Crippen LogP contribution is 2.52. The van der Waals surface area contributed by atoms with Crippen LogP contribution in [0.1, 0.15) is 50.5 Å². The van der Waals surface area contributed by atoms with Gasteiger partial charge in [-0.2, -0.15) is 0 Å². The molecule has 11 rings (SSSR count). The SMILES string of the molecule is C1=CCCC(c2cccc(N3C4=CC=C(C5=CC6C7=C(CCC=C7)N(c7ccc8oc9ccccc9c8c7)C6C=C5)CC4C4=C3C=CCC4)c2)=C1. The van der Waals surface area contributed by atoms with Crippen LogP contribution < -0.4 is 9.80 Å². The number of fused-ring (bicyclic) bond motifs is 7. The van der Waals surface area contributed by atoms with E-state index in [2.05, 4.69) is 149 Å². The summed E-state index contributed by atoms with van der Waals surface area (Å²) in [4.78, 5) is 5.18. The summed E-state index contributed by atoms with van der Waals surface area (Å²) >= 11 is 0. The van der Waals surface area contributed by atoms with Crippen LogP contribution in [0.15, 0.2) is 183 Å². The molecule has 5 aliphatic carbocycles. The van der Waals surface area contributed by atoms with E-state index in [0.29, 0.717) is 11.8 Å². The smallest absolute Gasteiger partial charge is 0.135 e.